The van der Waals surface area contributed by atoms with Crippen LogP contribution in [0.5, 0.6) is 0 Å². The number of likely N-dealkylation sites (tertiary alicyclic amines) is 2. The summed E-state index contributed by atoms with van der Waals surface area (Å²) in [5.41, 5.74) is -0.790. The van der Waals surface area contributed by atoms with E-state index in [4.69, 9.17) is 0 Å². The number of hydrogen-bond acceptors (Lipinski definition) is 5. The van der Waals surface area contributed by atoms with Crippen LogP contribution in [-0.2, 0) is 16.1 Å². The topological polar surface area (TPSA) is 73.7 Å². The number of aliphatic carboxylic acids is 1. The first-order valence-corrected chi connectivity index (χ1v) is 8.59. The van der Waals surface area contributed by atoms with E-state index in [-0.39, 0.29) is 17.7 Å². The van der Waals surface area contributed by atoms with E-state index in [0.29, 0.717) is 26.2 Å². The van der Waals surface area contributed by atoms with Crippen molar-refractivity contribution in [3.63, 3.8) is 0 Å². The van der Waals surface area contributed by atoms with Crippen LogP contribution in [0, 0.1) is 17.3 Å². The fraction of sp³-hybridized carbons (Fsp3) is 0.667. The summed E-state index contributed by atoms with van der Waals surface area (Å²) in [6.07, 6.45) is 3.71. The maximum atomic E-state index is 12.3. The molecular weight excluding hydrogens is 302 g/mol. The molecule has 3 heterocycles. The van der Waals surface area contributed by atoms with Gasteiger partial charge in [-0.15, -0.1) is 11.3 Å². The molecule has 1 amide bonds. The lowest BCUT2D eigenvalue weighted by Crippen LogP contribution is -2.42. The van der Waals surface area contributed by atoms with E-state index in [2.05, 4.69) is 9.88 Å². The fourth-order valence-corrected chi connectivity index (χ4v) is 4.53. The molecule has 3 aliphatic rings. The lowest BCUT2D eigenvalue weighted by Gasteiger charge is -2.25. The van der Waals surface area contributed by atoms with Crippen LogP contribution in [-0.4, -0.2) is 57.9 Å². The van der Waals surface area contributed by atoms with Gasteiger partial charge in [-0.05, 0) is 12.8 Å². The molecule has 1 saturated carbocycles. The number of carbonyl (C=O) groups excluding carboxylic acids is 1. The van der Waals surface area contributed by atoms with E-state index in [0.717, 1.165) is 24.4 Å². The van der Waals surface area contributed by atoms with Crippen molar-refractivity contribution in [2.24, 2.45) is 17.3 Å². The van der Waals surface area contributed by atoms with Crippen LogP contribution in [0.2, 0.25) is 0 Å². The van der Waals surface area contributed by atoms with Gasteiger partial charge in [0.25, 0.3) is 0 Å². The number of hydrogen-bond donors (Lipinski definition) is 1. The summed E-state index contributed by atoms with van der Waals surface area (Å²) < 4.78 is 0. The first-order valence-electron chi connectivity index (χ1n) is 7.71. The number of fused-ring (bicyclic) bond motifs is 1. The number of rotatable bonds is 4. The fourth-order valence-electron chi connectivity index (χ4n) is 3.87. The highest BCUT2D eigenvalue weighted by atomic mass is 32.1. The average Bonchev–Trinajstić information content (AvgIpc) is 2.91. The van der Waals surface area contributed by atoms with Crippen molar-refractivity contribution in [2.45, 2.75) is 19.4 Å². The molecule has 118 valence electrons. The number of nitrogens with zero attached hydrogens (tertiary/aromatic N) is 3. The second-order valence-electron chi connectivity index (χ2n) is 6.75. The highest BCUT2D eigenvalue weighted by Crippen LogP contribution is 2.45. The molecule has 1 aromatic heterocycles. The first kappa shape index (κ1) is 14.1. The summed E-state index contributed by atoms with van der Waals surface area (Å²) in [4.78, 5) is 32.4. The Morgan fingerprint density at radius 1 is 1.36 bits per heavy atom. The molecule has 2 saturated heterocycles. The molecule has 6 nitrogen and oxygen atoms in total. The Hall–Kier alpha value is -1.47. The zero-order valence-corrected chi connectivity index (χ0v) is 13.1. The van der Waals surface area contributed by atoms with E-state index >= 15 is 0 Å². The molecule has 1 N–H and O–H groups in total. The molecule has 22 heavy (non-hydrogen) atoms. The maximum Gasteiger partial charge on any atom is 0.313 e. The summed E-state index contributed by atoms with van der Waals surface area (Å²) in [5, 5.41) is 12.8. The molecule has 0 aromatic carbocycles. The Morgan fingerprint density at radius 2 is 2.18 bits per heavy atom. The van der Waals surface area contributed by atoms with Gasteiger partial charge >= 0.3 is 5.97 Å². The number of thiazole rings is 1. The van der Waals surface area contributed by atoms with E-state index in [1.807, 2.05) is 5.38 Å². The van der Waals surface area contributed by atoms with Crippen LogP contribution in [0.1, 0.15) is 17.8 Å². The monoisotopic (exact) mass is 321 g/mol. The van der Waals surface area contributed by atoms with E-state index in [1.54, 1.807) is 22.4 Å². The molecule has 2 atom stereocenters. The summed E-state index contributed by atoms with van der Waals surface area (Å²) in [5.74, 6) is -0.393. The van der Waals surface area contributed by atoms with Crippen molar-refractivity contribution < 1.29 is 14.7 Å². The van der Waals surface area contributed by atoms with Gasteiger partial charge in [-0.3, -0.25) is 14.5 Å². The molecule has 0 radical (unpaired) electrons. The first-order chi connectivity index (χ1) is 10.6. The van der Waals surface area contributed by atoms with Gasteiger partial charge in [-0.25, -0.2) is 4.98 Å². The predicted octanol–water partition coefficient (Wildman–Crippen LogP) is 0.898. The van der Waals surface area contributed by atoms with Crippen molar-refractivity contribution >= 4 is 23.2 Å². The SMILES string of the molecule is O=C(C1CC1)N1C[C@H]2CN(Cc3nccs3)C[C@@]2(C(=O)O)C1. The van der Waals surface area contributed by atoms with E-state index in [1.165, 1.54) is 0 Å². The third kappa shape index (κ3) is 2.23. The van der Waals surface area contributed by atoms with Gasteiger partial charge < -0.3 is 10.0 Å². The zero-order chi connectivity index (χ0) is 15.3. The molecule has 0 bridgehead atoms. The minimum Gasteiger partial charge on any atom is -0.481 e. The predicted molar refractivity (Wildman–Crippen MR) is 80.3 cm³/mol. The largest absolute Gasteiger partial charge is 0.481 e. The Kier molecular flexibility index (Phi) is 3.23. The zero-order valence-electron chi connectivity index (χ0n) is 12.3. The number of amides is 1. The van der Waals surface area contributed by atoms with Crippen molar-refractivity contribution in [3.05, 3.63) is 16.6 Å². The lowest BCUT2D eigenvalue weighted by atomic mass is 9.81. The standard InChI is InChI=1S/C15H19N3O3S/c19-13(10-1-2-10)18-6-11-5-17(7-12-16-3-4-22-12)8-15(11,9-18)14(20)21/h3-4,10-11H,1-2,5-9H2,(H,20,21)/t11-,15-/m1/s1. The molecule has 0 unspecified atom stereocenters. The van der Waals surface area contributed by atoms with Crippen LogP contribution < -0.4 is 0 Å². The van der Waals surface area contributed by atoms with E-state index in [9.17, 15) is 14.7 Å². The van der Waals surface area contributed by atoms with Gasteiger partial charge in [0, 0.05) is 49.6 Å². The van der Waals surface area contributed by atoms with Crippen LogP contribution in [0.25, 0.3) is 0 Å². The quantitative estimate of drug-likeness (QED) is 0.892. The van der Waals surface area contributed by atoms with E-state index < -0.39 is 11.4 Å². The molecule has 3 fully saturated rings. The Bertz CT molecular complexity index is 601. The van der Waals surface area contributed by atoms with Gasteiger partial charge in [0.1, 0.15) is 10.4 Å². The second-order valence-corrected chi connectivity index (χ2v) is 7.73. The van der Waals surface area contributed by atoms with Crippen LogP contribution >= 0.6 is 11.3 Å². The number of carboxylic acids is 1. The molecule has 1 aliphatic carbocycles. The smallest absolute Gasteiger partial charge is 0.313 e. The molecule has 7 heteroatoms. The van der Waals surface area contributed by atoms with Gasteiger partial charge in [-0.2, -0.15) is 0 Å². The number of aromatic nitrogens is 1. The van der Waals surface area contributed by atoms with Gasteiger partial charge in [0.05, 0.1) is 6.54 Å². The Morgan fingerprint density at radius 3 is 2.77 bits per heavy atom. The highest BCUT2D eigenvalue weighted by molar-refractivity contribution is 7.09. The Labute approximate surface area is 132 Å². The normalized spacial score (nSPS) is 31.5. The Balaban J connectivity index is 1.49. The van der Waals surface area contributed by atoms with Gasteiger partial charge in [-0.1, -0.05) is 0 Å². The van der Waals surface area contributed by atoms with Crippen molar-refractivity contribution in [1.29, 1.82) is 0 Å². The van der Waals surface area contributed by atoms with Gasteiger partial charge in [0.2, 0.25) is 5.91 Å². The third-order valence-corrected chi connectivity index (χ3v) is 5.95. The van der Waals surface area contributed by atoms with Crippen molar-refractivity contribution in [3.8, 4) is 0 Å². The third-order valence-electron chi connectivity index (χ3n) is 5.19. The molecule has 1 aromatic rings. The second kappa shape index (κ2) is 5.03. The highest BCUT2D eigenvalue weighted by Gasteiger charge is 2.59. The summed E-state index contributed by atoms with van der Waals surface area (Å²) in [7, 11) is 0. The minimum absolute atomic E-state index is 0.0349. The van der Waals surface area contributed by atoms with Crippen LogP contribution in [0.4, 0.5) is 0 Å². The summed E-state index contributed by atoms with van der Waals surface area (Å²) in [6.45, 7) is 2.92. The van der Waals surface area contributed by atoms with Crippen LogP contribution in [0.3, 0.4) is 0 Å². The molecule has 2 aliphatic heterocycles. The molecular formula is C15H19N3O3S. The number of carboxylic acid groups (broad SMARTS) is 1. The van der Waals surface area contributed by atoms with Crippen molar-refractivity contribution in [1.82, 2.24) is 14.8 Å². The van der Waals surface area contributed by atoms with Gasteiger partial charge in [0.15, 0.2) is 0 Å². The van der Waals surface area contributed by atoms with Crippen LogP contribution in [0.15, 0.2) is 11.6 Å². The lowest BCUT2D eigenvalue weighted by molar-refractivity contribution is -0.149. The minimum atomic E-state index is -0.790. The molecule has 0 spiro atoms. The molecule has 4 rings (SSSR count). The number of carbonyl (C=O) groups is 2. The van der Waals surface area contributed by atoms with Crippen molar-refractivity contribution in [2.75, 3.05) is 26.2 Å². The maximum absolute atomic E-state index is 12.3. The summed E-state index contributed by atoms with van der Waals surface area (Å²) in [6, 6.07) is 0. The average molecular weight is 321 g/mol. The summed E-state index contributed by atoms with van der Waals surface area (Å²) >= 11 is 1.60.